The molecule has 0 radical (unpaired) electrons. The number of nitrogens with one attached hydrogen (secondary N) is 2. The molecule has 0 saturated heterocycles. The Kier molecular flexibility index (Phi) is 7.35. The minimum absolute atomic E-state index is 0.0997. The van der Waals surface area contributed by atoms with Gasteiger partial charge in [-0.25, -0.2) is 0 Å². The van der Waals surface area contributed by atoms with Gasteiger partial charge in [-0.1, -0.05) is 60.7 Å². The smallest absolute Gasteiger partial charge is 0.237 e. The number of benzene rings is 2. The average molecular weight is 382 g/mol. The largest absolute Gasteiger partial charge is 0.350 e. The van der Waals surface area contributed by atoms with Gasteiger partial charge in [-0.3, -0.25) is 14.5 Å². The van der Waals surface area contributed by atoms with Crippen molar-refractivity contribution in [3.05, 3.63) is 71.8 Å². The molecule has 1 atom stereocenters. The number of nitrogens with zero attached hydrogens (tertiary/aromatic N) is 1. The van der Waals surface area contributed by atoms with Crippen molar-refractivity contribution in [2.45, 2.75) is 45.3 Å². The lowest BCUT2D eigenvalue weighted by Gasteiger charge is -2.28. The Morgan fingerprint density at radius 3 is 1.82 bits per heavy atom. The van der Waals surface area contributed by atoms with Crippen LogP contribution in [0.15, 0.2) is 60.7 Å². The fraction of sp³-hybridized carbons (Fsp3) is 0.391. The molecule has 0 unspecified atom stereocenters. The number of rotatable bonds is 7. The van der Waals surface area contributed by atoms with Crippen LogP contribution >= 0.6 is 0 Å². The Morgan fingerprint density at radius 1 is 0.929 bits per heavy atom. The summed E-state index contributed by atoms with van der Waals surface area (Å²) in [7, 11) is 1.78. The van der Waals surface area contributed by atoms with Gasteiger partial charge in [0.25, 0.3) is 0 Å². The van der Waals surface area contributed by atoms with Crippen molar-refractivity contribution in [2.24, 2.45) is 0 Å². The number of amides is 2. The van der Waals surface area contributed by atoms with Crippen molar-refractivity contribution in [3.8, 4) is 0 Å². The first-order chi connectivity index (χ1) is 13.2. The fourth-order valence-electron chi connectivity index (χ4n) is 2.93. The summed E-state index contributed by atoms with van der Waals surface area (Å²) >= 11 is 0. The van der Waals surface area contributed by atoms with Crippen LogP contribution in [0.5, 0.6) is 0 Å². The maximum Gasteiger partial charge on any atom is 0.237 e. The predicted octanol–water partition coefficient (Wildman–Crippen LogP) is 3.13. The van der Waals surface area contributed by atoms with Gasteiger partial charge in [-0.05, 0) is 45.9 Å². The second-order valence-electron chi connectivity index (χ2n) is 8.15. The van der Waals surface area contributed by atoms with Crippen LogP contribution in [-0.2, 0) is 9.59 Å². The molecule has 0 aromatic heterocycles. The SMILES string of the molecule is C[C@H](C(=O)NC(c1ccccc1)c1ccccc1)N(C)CC(=O)NC(C)(C)C. The maximum absolute atomic E-state index is 12.9. The molecule has 0 saturated carbocycles. The number of carbonyl (C=O) groups excluding carboxylic acids is 2. The van der Waals surface area contributed by atoms with Gasteiger partial charge in [0.1, 0.15) is 0 Å². The third-order valence-electron chi connectivity index (χ3n) is 4.50. The molecule has 0 spiro atoms. The standard InChI is InChI=1S/C23H31N3O2/c1-17(26(5)16-20(27)25-23(2,3)4)22(28)24-21(18-12-8-6-9-13-18)19-14-10-7-11-15-19/h6-15,17,21H,16H2,1-5H3,(H,24,28)(H,25,27)/t17-/m1/s1. The molecular formula is C23H31N3O2. The molecule has 2 aromatic carbocycles. The maximum atomic E-state index is 12.9. The zero-order chi connectivity index (χ0) is 20.7. The van der Waals surface area contributed by atoms with Crippen LogP contribution in [-0.4, -0.2) is 41.9 Å². The predicted molar refractivity (Wildman–Crippen MR) is 113 cm³/mol. The summed E-state index contributed by atoms with van der Waals surface area (Å²) in [5.41, 5.74) is 1.74. The van der Waals surface area contributed by atoms with Crippen molar-refractivity contribution in [1.29, 1.82) is 0 Å². The summed E-state index contributed by atoms with van der Waals surface area (Å²) in [5, 5.41) is 6.06. The van der Waals surface area contributed by atoms with Gasteiger partial charge in [0.05, 0.1) is 18.6 Å². The first-order valence-electron chi connectivity index (χ1n) is 9.59. The zero-order valence-corrected chi connectivity index (χ0v) is 17.4. The van der Waals surface area contributed by atoms with Gasteiger partial charge in [0.15, 0.2) is 0 Å². The van der Waals surface area contributed by atoms with E-state index in [1.165, 1.54) is 0 Å². The molecule has 0 aliphatic rings. The highest BCUT2D eigenvalue weighted by Crippen LogP contribution is 2.22. The number of hydrogen-bond donors (Lipinski definition) is 2. The first kappa shape index (κ1) is 21.6. The molecule has 0 aliphatic carbocycles. The third kappa shape index (κ3) is 6.50. The molecule has 0 bridgehead atoms. The van der Waals surface area contributed by atoms with Crippen molar-refractivity contribution < 1.29 is 9.59 Å². The van der Waals surface area contributed by atoms with E-state index in [1.807, 2.05) is 88.4 Å². The summed E-state index contributed by atoms with van der Waals surface area (Å²) in [5.74, 6) is -0.221. The van der Waals surface area contributed by atoms with Crippen LogP contribution < -0.4 is 10.6 Å². The highest BCUT2D eigenvalue weighted by atomic mass is 16.2. The molecular weight excluding hydrogens is 350 g/mol. The molecule has 0 aliphatic heterocycles. The molecule has 2 N–H and O–H groups in total. The molecule has 2 rings (SSSR count). The molecule has 150 valence electrons. The summed E-state index contributed by atoms with van der Waals surface area (Å²) in [6, 6.07) is 19.1. The lowest BCUT2D eigenvalue weighted by Crippen LogP contribution is -2.50. The lowest BCUT2D eigenvalue weighted by molar-refractivity contribution is -0.128. The van der Waals surface area contributed by atoms with Crippen LogP contribution in [0.4, 0.5) is 0 Å². The normalized spacial score (nSPS) is 12.7. The first-order valence-corrected chi connectivity index (χ1v) is 9.59. The average Bonchev–Trinajstić information content (AvgIpc) is 2.65. The number of hydrogen-bond acceptors (Lipinski definition) is 3. The minimum atomic E-state index is -0.444. The molecule has 5 heteroatoms. The summed E-state index contributed by atoms with van der Waals surface area (Å²) < 4.78 is 0. The summed E-state index contributed by atoms with van der Waals surface area (Å²) in [4.78, 5) is 26.9. The van der Waals surface area contributed by atoms with E-state index >= 15 is 0 Å². The highest BCUT2D eigenvalue weighted by molar-refractivity contribution is 5.84. The molecule has 28 heavy (non-hydrogen) atoms. The Bertz CT molecular complexity index is 730. The van der Waals surface area contributed by atoms with Crippen molar-refractivity contribution in [3.63, 3.8) is 0 Å². The van der Waals surface area contributed by atoms with Crippen LogP contribution in [0.2, 0.25) is 0 Å². The van der Waals surface area contributed by atoms with Gasteiger partial charge in [0, 0.05) is 5.54 Å². The van der Waals surface area contributed by atoms with Gasteiger partial charge < -0.3 is 10.6 Å². The molecule has 0 heterocycles. The summed E-state index contributed by atoms with van der Waals surface area (Å²) in [6.45, 7) is 7.78. The quantitative estimate of drug-likeness (QED) is 0.775. The van der Waals surface area contributed by atoms with Crippen LogP contribution in [0.25, 0.3) is 0 Å². The van der Waals surface area contributed by atoms with Gasteiger partial charge in [-0.2, -0.15) is 0 Å². The third-order valence-corrected chi connectivity index (χ3v) is 4.50. The Labute approximate surface area is 168 Å². The van der Waals surface area contributed by atoms with Crippen molar-refractivity contribution >= 4 is 11.8 Å². The molecule has 0 fully saturated rings. The Hall–Kier alpha value is -2.66. The van der Waals surface area contributed by atoms with Crippen LogP contribution in [0.3, 0.4) is 0 Å². The zero-order valence-electron chi connectivity index (χ0n) is 17.4. The monoisotopic (exact) mass is 381 g/mol. The fourth-order valence-corrected chi connectivity index (χ4v) is 2.93. The highest BCUT2D eigenvalue weighted by Gasteiger charge is 2.25. The minimum Gasteiger partial charge on any atom is -0.350 e. The molecule has 5 nitrogen and oxygen atoms in total. The van der Waals surface area contributed by atoms with E-state index in [0.717, 1.165) is 11.1 Å². The number of likely N-dealkylation sites (N-methyl/N-ethyl adjacent to an activating group) is 1. The van der Waals surface area contributed by atoms with E-state index in [4.69, 9.17) is 0 Å². The second-order valence-corrected chi connectivity index (χ2v) is 8.15. The van der Waals surface area contributed by atoms with Crippen LogP contribution in [0, 0.1) is 0 Å². The van der Waals surface area contributed by atoms with E-state index in [9.17, 15) is 9.59 Å². The van der Waals surface area contributed by atoms with Crippen molar-refractivity contribution in [2.75, 3.05) is 13.6 Å². The lowest BCUT2D eigenvalue weighted by atomic mass is 9.98. The van der Waals surface area contributed by atoms with E-state index in [2.05, 4.69) is 10.6 Å². The Balaban J connectivity index is 2.09. The van der Waals surface area contributed by atoms with Gasteiger partial charge in [-0.15, -0.1) is 0 Å². The Morgan fingerprint density at radius 2 is 1.39 bits per heavy atom. The number of carbonyl (C=O) groups is 2. The van der Waals surface area contributed by atoms with E-state index in [1.54, 1.807) is 11.9 Å². The second kappa shape index (κ2) is 9.51. The molecule has 2 amide bonds. The van der Waals surface area contributed by atoms with E-state index < -0.39 is 6.04 Å². The molecule has 2 aromatic rings. The van der Waals surface area contributed by atoms with Gasteiger partial charge >= 0.3 is 0 Å². The van der Waals surface area contributed by atoms with Crippen molar-refractivity contribution in [1.82, 2.24) is 15.5 Å². The summed E-state index contributed by atoms with van der Waals surface area (Å²) in [6.07, 6.45) is 0. The van der Waals surface area contributed by atoms with Gasteiger partial charge in [0.2, 0.25) is 11.8 Å². The van der Waals surface area contributed by atoms with E-state index in [-0.39, 0.29) is 29.9 Å². The van der Waals surface area contributed by atoms with E-state index in [0.29, 0.717) is 0 Å². The van der Waals surface area contributed by atoms with Crippen LogP contribution in [0.1, 0.15) is 44.9 Å². The topological polar surface area (TPSA) is 61.4 Å².